The number of hydrogen-bond acceptors (Lipinski definition) is 3. The van der Waals surface area contributed by atoms with E-state index in [1.54, 1.807) is 0 Å². The SMILES string of the molecule is CC(c1ccc2c(c1)N(Cc1ccccc1)C(=O)CC2)C1CNCCO1. The van der Waals surface area contributed by atoms with E-state index in [1.807, 2.05) is 23.1 Å². The molecule has 2 unspecified atom stereocenters. The second kappa shape index (κ2) is 7.60. The van der Waals surface area contributed by atoms with Crippen LogP contribution in [0.2, 0.25) is 0 Å². The van der Waals surface area contributed by atoms with Gasteiger partial charge in [0.05, 0.1) is 19.3 Å². The summed E-state index contributed by atoms with van der Waals surface area (Å²) in [6.45, 7) is 5.41. The van der Waals surface area contributed by atoms with Crippen molar-refractivity contribution in [1.82, 2.24) is 5.32 Å². The molecule has 0 saturated carbocycles. The number of hydrogen-bond donors (Lipinski definition) is 1. The van der Waals surface area contributed by atoms with Gasteiger partial charge in [-0.1, -0.05) is 49.4 Å². The molecule has 2 aromatic carbocycles. The highest BCUT2D eigenvalue weighted by Crippen LogP contribution is 2.33. The topological polar surface area (TPSA) is 41.6 Å². The minimum absolute atomic E-state index is 0.184. The average molecular weight is 350 g/mol. The van der Waals surface area contributed by atoms with Crippen LogP contribution in [-0.2, 0) is 22.5 Å². The number of amides is 1. The van der Waals surface area contributed by atoms with Crippen LogP contribution in [0.3, 0.4) is 0 Å². The van der Waals surface area contributed by atoms with Crippen LogP contribution >= 0.6 is 0 Å². The Labute approximate surface area is 155 Å². The molecule has 4 rings (SSSR count). The number of ether oxygens (including phenoxy) is 1. The Hall–Kier alpha value is -2.17. The molecule has 1 fully saturated rings. The molecule has 26 heavy (non-hydrogen) atoms. The van der Waals surface area contributed by atoms with Crippen LogP contribution < -0.4 is 10.2 Å². The summed E-state index contributed by atoms with van der Waals surface area (Å²) >= 11 is 0. The van der Waals surface area contributed by atoms with Crippen LogP contribution in [0.1, 0.15) is 36.0 Å². The second-order valence-electron chi connectivity index (χ2n) is 7.26. The third-order valence-electron chi connectivity index (χ3n) is 5.53. The largest absolute Gasteiger partial charge is 0.375 e. The fourth-order valence-corrected chi connectivity index (χ4v) is 3.90. The van der Waals surface area contributed by atoms with Gasteiger partial charge in [-0.15, -0.1) is 0 Å². The summed E-state index contributed by atoms with van der Waals surface area (Å²) in [6, 6.07) is 16.8. The summed E-state index contributed by atoms with van der Waals surface area (Å²) in [5.41, 5.74) is 4.73. The maximum absolute atomic E-state index is 12.6. The number of morpholine rings is 1. The van der Waals surface area contributed by atoms with Crippen molar-refractivity contribution in [3.63, 3.8) is 0 Å². The maximum Gasteiger partial charge on any atom is 0.227 e. The molecule has 0 bridgehead atoms. The van der Waals surface area contributed by atoms with E-state index in [4.69, 9.17) is 4.74 Å². The van der Waals surface area contributed by atoms with E-state index in [0.29, 0.717) is 18.9 Å². The van der Waals surface area contributed by atoms with Crippen molar-refractivity contribution in [1.29, 1.82) is 0 Å². The lowest BCUT2D eigenvalue weighted by Gasteiger charge is -2.32. The van der Waals surface area contributed by atoms with E-state index in [9.17, 15) is 4.79 Å². The smallest absolute Gasteiger partial charge is 0.227 e. The van der Waals surface area contributed by atoms with Gasteiger partial charge in [-0.3, -0.25) is 4.79 Å². The predicted octanol–water partition coefficient (Wildman–Crippen LogP) is 3.26. The molecule has 2 aliphatic heterocycles. The van der Waals surface area contributed by atoms with Gasteiger partial charge in [0.2, 0.25) is 5.91 Å². The van der Waals surface area contributed by atoms with Gasteiger partial charge < -0.3 is 15.0 Å². The molecule has 0 aromatic heterocycles. The molecule has 2 atom stereocenters. The average Bonchev–Trinajstić information content (AvgIpc) is 2.71. The van der Waals surface area contributed by atoms with Gasteiger partial charge in [0.25, 0.3) is 0 Å². The lowest BCUT2D eigenvalue weighted by Crippen LogP contribution is -2.41. The Morgan fingerprint density at radius 2 is 2.04 bits per heavy atom. The van der Waals surface area contributed by atoms with Crippen molar-refractivity contribution in [3.05, 3.63) is 65.2 Å². The van der Waals surface area contributed by atoms with E-state index in [0.717, 1.165) is 37.4 Å². The Kier molecular flexibility index (Phi) is 5.05. The number of rotatable bonds is 4. The van der Waals surface area contributed by atoms with E-state index in [2.05, 4.69) is 42.6 Å². The highest BCUT2D eigenvalue weighted by molar-refractivity contribution is 5.96. The maximum atomic E-state index is 12.6. The number of carbonyl (C=O) groups is 1. The molecular formula is C22H26N2O2. The molecule has 136 valence electrons. The first-order valence-electron chi connectivity index (χ1n) is 9.52. The molecule has 1 amide bonds. The normalized spacial score (nSPS) is 21.3. The third-order valence-corrected chi connectivity index (χ3v) is 5.53. The van der Waals surface area contributed by atoms with Crippen LogP contribution in [0.15, 0.2) is 48.5 Å². The van der Waals surface area contributed by atoms with E-state index >= 15 is 0 Å². The number of benzene rings is 2. The fraction of sp³-hybridized carbons (Fsp3) is 0.409. The number of anilines is 1. The summed E-state index contributed by atoms with van der Waals surface area (Å²) in [5.74, 6) is 0.505. The first kappa shape index (κ1) is 17.3. The minimum Gasteiger partial charge on any atom is -0.375 e. The van der Waals surface area contributed by atoms with Crippen LogP contribution in [0.5, 0.6) is 0 Å². The van der Waals surface area contributed by atoms with Gasteiger partial charge in [0.1, 0.15) is 0 Å². The molecule has 0 aliphatic carbocycles. The van der Waals surface area contributed by atoms with Gasteiger partial charge >= 0.3 is 0 Å². The van der Waals surface area contributed by atoms with Crippen molar-refractivity contribution in [3.8, 4) is 0 Å². The highest BCUT2D eigenvalue weighted by Gasteiger charge is 2.27. The molecule has 4 heteroatoms. The van der Waals surface area contributed by atoms with Crippen molar-refractivity contribution < 1.29 is 9.53 Å². The zero-order valence-corrected chi connectivity index (χ0v) is 15.3. The molecule has 0 spiro atoms. The molecule has 1 saturated heterocycles. The third kappa shape index (κ3) is 3.53. The Morgan fingerprint density at radius 3 is 2.81 bits per heavy atom. The number of aryl methyl sites for hydroxylation is 1. The quantitative estimate of drug-likeness (QED) is 0.920. The molecule has 4 nitrogen and oxygen atoms in total. The lowest BCUT2D eigenvalue weighted by molar-refractivity contribution is -0.119. The lowest BCUT2D eigenvalue weighted by atomic mass is 9.90. The van der Waals surface area contributed by atoms with Crippen LogP contribution in [0.25, 0.3) is 0 Å². The first-order chi connectivity index (χ1) is 12.7. The Morgan fingerprint density at radius 1 is 1.19 bits per heavy atom. The Balaban J connectivity index is 1.62. The van der Waals surface area contributed by atoms with Gasteiger partial charge in [0.15, 0.2) is 0 Å². The minimum atomic E-state index is 0.184. The standard InChI is InChI=1S/C22H26N2O2/c1-16(21-14-23-11-12-26-21)19-8-7-18-9-10-22(25)24(20(18)13-19)15-17-5-3-2-4-6-17/h2-8,13,16,21,23H,9-12,14-15H2,1H3. The molecular weight excluding hydrogens is 324 g/mol. The molecule has 2 aliphatic rings. The summed E-state index contributed by atoms with van der Waals surface area (Å²) in [6.07, 6.45) is 1.60. The zero-order chi connectivity index (χ0) is 17.9. The molecule has 2 aromatic rings. The number of fused-ring (bicyclic) bond motifs is 1. The van der Waals surface area contributed by atoms with Crippen molar-refractivity contribution in [2.75, 3.05) is 24.6 Å². The Bertz CT molecular complexity index is 769. The van der Waals surface area contributed by atoms with Gasteiger partial charge in [0, 0.05) is 31.1 Å². The monoisotopic (exact) mass is 350 g/mol. The molecule has 1 N–H and O–H groups in total. The van der Waals surface area contributed by atoms with E-state index in [1.165, 1.54) is 11.1 Å². The van der Waals surface area contributed by atoms with Gasteiger partial charge in [-0.25, -0.2) is 0 Å². The van der Waals surface area contributed by atoms with Gasteiger partial charge in [-0.2, -0.15) is 0 Å². The summed E-state index contributed by atoms with van der Waals surface area (Å²) in [5, 5.41) is 3.41. The van der Waals surface area contributed by atoms with Crippen LogP contribution in [-0.4, -0.2) is 31.7 Å². The molecule has 0 radical (unpaired) electrons. The second-order valence-corrected chi connectivity index (χ2v) is 7.26. The van der Waals surface area contributed by atoms with Crippen molar-refractivity contribution in [2.24, 2.45) is 0 Å². The first-order valence-corrected chi connectivity index (χ1v) is 9.52. The van der Waals surface area contributed by atoms with Gasteiger partial charge in [-0.05, 0) is 29.2 Å². The fourth-order valence-electron chi connectivity index (χ4n) is 3.90. The number of carbonyl (C=O) groups excluding carboxylic acids is 1. The van der Waals surface area contributed by atoms with Crippen LogP contribution in [0, 0.1) is 0 Å². The number of nitrogens with one attached hydrogen (secondary N) is 1. The molecule has 2 heterocycles. The van der Waals surface area contributed by atoms with E-state index < -0.39 is 0 Å². The van der Waals surface area contributed by atoms with Crippen LogP contribution in [0.4, 0.5) is 5.69 Å². The zero-order valence-electron chi connectivity index (χ0n) is 15.3. The summed E-state index contributed by atoms with van der Waals surface area (Å²) in [7, 11) is 0. The summed E-state index contributed by atoms with van der Waals surface area (Å²) in [4.78, 5) is 14.6. The predicted molar refractivity (Wildman–Crippen MR) is 103 cm³/mol. The highest BCUT2D eigenvalue weighted by atomic mass is 16.5. The number of nitrogens with zero attached hydrogens (tertiary/aromatic N) is 1. The van der Waals surface area contributed by atoms with E-state index in [-0.39, 0.29) is 12.0 Å². The van der Waals surface area contributed by atoms with Crippen molar-refractivity contribution >= 4 is 11.6 Å². The summed E-state index contributed by atoms with van der Waals surface area (Å²) < 4.78 is 5.94. The van der Waals surface area contributed by atoms with Crippen molar-refractivity contribution in [2.45, 2.75) is 38.3 Å².